The van der Waals surface area contributed by atoms with Crippen molar-refractivity contribution in [3.8, 4) is 0 Å². The minimum atomic E-state index is 0. The second kappa shape index (κ2) is 19.2. The van der Waals surface area contributed by atoms with Crippen LogP contribution in [0, 0.1) is 6.67 Å². The molecule has 0 fully saturated rings. The summed E-state index contributed by atoms with van der Waals surface area (Å²) in [5, 5.41) is 5.14. The van der Waals surface area contributed by atoms with Gasteiger partial charge in [-0.1, -0.05) is 211 Å². The van der Waals surface area contributed by atoms with E-state index in [9.17, 15) is 0 Å². The van der Waals surface area contributed by atoms with Crippen molar-refractivity contribution in [2.45, 2.75) is 184 Å². The van der Waals surface area contributed by atoms with Crippen LogP contribution in [0.2, 0.25) is 0 Å². The molecule has 4 aromatic rings. The van der Waals surface area contributed by atoms with Crippen LogP contribution in [-0.4, -0.2) is 0 Å². The molecule has 0 saturated carbocycles. The molecular formula is C55H79AuN3-2. The van der Waals surface area contributed by atoms with Crippen LogP contribution < -0.4 is 9.80 Å². The van der Waals surface area contributed by atoms with Crippen molar-refractivity contribution in [1.82, 2.24) is 0 Å². The molecule has 1 radical (unpaired) electrons. The largest absolute Gasteiger partial charge is 0.658 e. The Morgan fingerprint density at radius 3 is 0.847 bits per heavy atom. The third-order valence-corrected chi connectivity index (χ3v) is 11.4. The van der Waals surface area contributed by atoms with Gasteiger partial charge in [0.05, 0.1) is 0 Å². The number of anilines is 2. The van der Waals surface area contributed by atoms with Crippen molar-refractivity contribution in [2.75, 3.05) is 9.80 Å². The van der Waals surface area contributed by atoms with Crippen LogP contribution in [0.15, 0.2) is 85.2 Å². The molecule has 0 aliphatic carbocycles. The van der Waals surface area contributed by atoms with Gasteiger partial charge in [0.15, 0.2) is 0 Å². The quantitative estimate of drug-likeness (QED) is 0.130. The molecule has 59 heavy (non-hydrogen) atoms. The van der Waals surface area contributed by atoms with Crippen LogP contribution >= 0.6 is 0 Å². The van der Waals surface area contributed by atoms with Crippen molar-refractivity contribution in [1.29, 1.82) is 0 Å². The molecule has 0 N–H and O–H groups in total. The summed E-state index contributed by atoms with van der Waals surface area (Å²) in [4.78, 5) is 4.65. The number of nitrogens with zero attached hydrogens (tertiary/aromatic N) is 3. The molecule has 0 saturated heterocycles. The summed E-state index contributed by atoms with van der Waals surface area (Å²) in [5.74, 6) is 1.92. The van der Waals surface area contributed by atoms with Gasteiger partial charge in [0.2, 0.25) is 0 Å². The zero-order chi connectivity index (χ0) is 43.7. The van der Waals surface area contributed by atoms with E-state index >= 15 is 0 Å². The predicted octanol–water partition coefficient (Wildman–Crippen LogP) is 17.3. The first-order chi connectivity index (χ1) is 26.6. The zero-order valence-corrected chi connectivity index (χ0v) is 42.8. The van der Waals surface area contributed by atoms with Gasteiger partial charge >= 0.3 is 0 Å². The van der Waals surface area contributed by atoms with E-state index in [1.807, 2.05) is 0 Å². The molecule has 0 atom stereocenters. The van der Waals surface area contributed by atoms with E-state index < -0.39 is 0 Å². The average Bonchev–Trinajstić information content (AvgIpc) is 3.59. The minimum absolute atomic E-state index is 0. The second-order valence-electron chi connectivity index (χ2n) is 22.1. The first-order valence-corrected chi connectivity index (χ1v) is 22.0. The molecule has 0 amide bonds. The summed E-state index contributed by atoms with van der Waals surface area (Å²) in [6.45, 7) is 47.8. The monoisotopic (exact) mass is 979 g/mol. The molecule has 3 nitrogen and oxygen atoms in total. The predicted molar refractivity (Wildman–Crippen MR) is 258 cm³/mol. The van der Waals surface area contributed by atoms with Gasteiger partial charge in [0, 0.05) is 33.8 Å². The first-order valence-electron chi connectivity index (χ1n) is 22.0. The first kappa shape index (κ1) is 50.1. The van der Waals surface area contributed by atoms with Gasteiger partial charge in [0.25, 0.3) is 0 Å². The van der Waals surface area contributed by atoms with E-state index in [0.29, 0.717) is 23.7 Å². The molecule has 5 rings (SSSR count). The summed E-state index contributed by atoms with van der Waals surface area (Å²) >= 11 is 0. The maximum absolute atomic E-state index is 5.14. The van der Waals surface area contributed by atoms with Gasteiger partial charge in [-0.15, -0.1) is 18.0 Å². The van der Waals surface area contributed by atoms with Gasteiger partial charge in [0.1, 0.15) is 0 Å². The van der Waals surface area contributed by atoms with E-state index in [-0.39, 0.29) is 44.0 Å². The van der Waals surface area contributed by atoms with Crippen LogP contribution in [0.5, 0.6) is 0 Å². The Labute approximate surface area is 378 Å². The van der Waals surface area contributed by atoms with Crippen LogP contribution in [-0.2, 0) is 44.0 Å². The standard InChI is InChI=1S/C28H42N.C27H37N2.Au/c1-25(2,3)19-13-20(26(4,5)6)16-23(15-19)29-24-17-21(27(7,8)9)14-22(18-24)28(10,11)12;1-18(2)22-11-9-12-23(19(3)4)26(22)28-15-16-29(17-28)27-24(20(5)6)13-10-14-25(27)21(7)8;/h13-18H,1-12H3;9-21H,1-8H3;/q2*-1;. The molecule has 0 unspecified atom stereocenters. The average molecular weight is 979 g/mol. The SMILES string of the molecule is CC(C)(C)c1cc([N-]c2cc(C(C)(C)C)cc(C(C)(C)C)c2)cc(C(C)(C)C)c1.CC(C)c1cccc(C(C)C)c1N1C=CN(c2c(C(C)C)cccc2C(C)C)[CH-]1.[Au]. The maximum atomic E-state index is 5.14. The van der Waals surface area contributed by atoms with E-state index in [0.717, 1.165) is 11.4 Å². The number of benzene rings is 4. The molecule has 1 aliphatic heterocycles. The van der Waals surface area contributed by atoms with E-state index in [1.54, 1.807) is 0 Å². The molecule has 4 heteroatoms. The van der Waals surface area contributed by atoms with Crippen molar-refractivity contribution >= 4 is 22.7 Å². The summed E-state index contributed by atoms with van der Waals surface area (Å²) in [6.07, 6.45) is 4.43. The molecule has 0 spiro atoms. The Kier molecular flexibility index (Phi) is 16.3. The molecular weight excluding hydrogens is 900 g/mol. The van der Waals surface area contributed by atoms with Crippen molar-refractivity contribution in [2.24, 2.45) is 0 Å². The van der Waals surface area contributed by atoms with E-state index in [4.69, 9.17) is 5.32 Å². The van der Waals surface area contributed by atoms with Crippen LogP contribution in [0.3, 0.4) is 0 Å². The fourth-order valence-electron chi connectivity index (χ4n) is 7.47. The van der Waals surface area contributed by atoms with Crippen molar-refractivity contribution in [3.63, 3.8) is 0 Å². The van der Waals surface area contributed by atoms with Gasteiger partial charge < -0.3 is 15.1 Å². The number of hydrogen-bond donors (Lipinski definition) is 0. The molecule has 327 valence electrons. The molecule has 0 aromatic heterocycles. The number of rotatable bonds is 8. The van der Waals surface area contributed by atoms with Crippen molar-refractivity contribution in [3.05, 3.63) is 142 Å². The summed E-state index contributed by atoms with van der Waals surface area (Å²) in [7, 11) is 0. The van der Waals surface area contributed by atoms with E-state index in [2.05, 4.69) is 240 Å². The van der Waals surface area contributed by atoms with Crippen LogP contribution in [0.1, 0.15) is 207 Å². The Hall–Kier alpha value is -3.24. The van der Waals surface area contributed by atoms with Gasteiger partial charge in [-0.3, -0.25) is 0 Å². The van der Waals surface area contributed by atoms with Crippen LogP contribution in [0.25, 0.3) is 5.32 Å². The molecule has 0 bridgehead atoms. The number of hydrogen-bond acceptors (Lipinski definition) is 2. The Morgan fingerprint density at radius 1 is 0.407 bits per heavy atom. The second-order valence-corrected chi connectivity index (χ2v) is 22.1. The fourth-order valence-corrected chi connectivity index (χ4v) is 7.47. The third-order valence-electron chi connectivity index (χ3n) is 11.4. The Morgan fingerprint density at radius 2 is 0.644 bits per heavy atom. The molecule has 1 aliphatic rings. The normalized spacial score (nSPS) is 13.7. The third kappa shape index (κ3) is 12.7. The Bertz CT molecular complexity index is 1770. The zero-order valence-electron chi connectivity index (χ0n) is 40.6. The Balaban J connectivity index is 0.000000310. The summed E-state index contributed by atoms with van der Waals surface area (Å²) in [6, 6.07) is 27.3. The van der Waals surface area contributed by atoms with E-state index in [1.165, 1.54) is 55.9 Å². The van der Waals surface area contributed by atoms with Crippen molar-refractivity contribution < 1.29 is 22.4 Å². The van der Waals surface area contributed by atoms with Crippen LogP contribution in [0.4, 0.5) is 22.7 Å². The maximum Gasteiger partial charge on any atom is 0.0195 e. The number of para-hydroxylation sites is 2. The summed E-state index contributed by atoms with van der Waals surface area (Å²) in [5.41, 5.74) is 16.1. The smallest absolute Gasteiger partial charge is 0.0195 e. The van der Waals surface area contributed by atoms with Gasteiger partial charge in [-0.05, 0) is 102 Å². The topological polar surface area (TPSA) is 20.6 Å². The molecule has 1 heterocycles. The van der Waals surface area contributed by atoms with Gasteiger partial charge in [-0.2, -0.15) is 0 Å². The minimum Gasteiger partial charge on any atom is -0.658 e. The summed E-state index contributed by atoms with van der Waals surface area (Å²) < 4.78 is 0. The fraction of sp³-hybridized carbons (Fsp3) is 0.509. The van der Waals surface area contributed by atoms with Gasteiger partial charge in [-0.25, -0.2) is 0 Å². The molecule has 4 aromatic carbocycles.